The van der Waals surface area contributed by atoms with Gasteiger partial charge in [0, 0.05) is 20.7 Å². The molecule has 1 rings (SSSR count). The maximum atomic E-state index is 13.9. The molecule has 1 aromatic rings. The summed E-state index contributed by atoms with van der Waals surface area (Å²) in [5, 5.41) is 2.72. The minimum absolute atomic E-state index is 0.0275. The Bertz CT molecular complexity index is 660. The molecule has 0 aliphatic rings. The van der Waals surface area contributed by atoms with Crippen molar-refractivity contribution in [3.8, 4) is 0 Å². The fraction of sp³-hybridized carbons (Fsp3) is 0.462. The first-order valence-corrected chi connectivity index (χ1v) is 9.40. The molecule has 0 atom stereocenters. The van der Waals surface area contributed by atoms with E-state index in [1.165, 1.54) is 0 Å². The van der Waals surface area contributed by atoms with Gasteiger partial charge >= 0.3 is 0 Å². The lowest BCUT2D eigenvalue weighted by atomic mass is 9.95. The zero-order valence-electron chi connectivity index (χ0n) is 11.8. The third-order valence-corrected chi connectivity index (χ3v) is 5.79. The number of carbonyl (C=O) groups excluding carboxylic acids is 1. The molecule has 1 aromatic carbocycles. The summed E-state index contributed by atoms with van der Waals surface area (Å²) in [5.41, 5.74) is -0.845. The SMILES string of the molecule is CCC(C)(CC)NC(=O)c1cc(S(=O)(=O)Cl)c(Br)cc1F. The molecule has 0 unspecified atom stereocenters. The molecule has 118 valence electrons. The van der Waals surface area contributed by atoms with E-state index in [4.69, 9.17) is 10.7 Å². The van der Waals surface area contributed by atoms with Crippen LogP contribution in [0.3, 0.4) is 0 Å². The van der Waals surface area contributed by atoms with E-state index in [1.807, 2.05) is 20.8 Å². The number of hydrogen-bond donors (Lipinski definition) is 1. The Kier molecular flexibility index (Phi) is 5.80. The second-order valence-electron chi connectivity index (χ2n) is 4.92. The topological polar surface area (TPSA) is 63.2 Å². The van der Waals surface area contributed by atoms with E-state index in [0.717, 1.165) is 12.1 Å². The van der Waals surface area contributed by atoms with Gasteiger partial charge in [0.15, 0.2) is 0 Å². The van der Waals surface area contributed by atoms with Crippen molar-refractivity contribution < 1.29 is 17.6 Å². The monoisotopic (exact) mass is 399 g/mol. The summed E-state index contributed by atoms with van der Waals surface area (Å²) in [5.74, 6) is -1.49. The third-order valence-electron chi connectivity index (χ3n) is 3.50. The Morgan fingerprint density at radius 2 is 1.90 bits per heavy atom. The molecule has 0 aliphatic heterocycles. The molecule has 0 aromatic heterocycles. The number of nitrogens with one attached hydrogen (secondary N) is 1. The van der Waals surface area contributed by atoms with Crippen LogP contribution in [0.1, 0.15) is 44.0 Å². The maximum absolute atomic E-state index is 13.9. The zero-order chi connectivity index (χ0) is 16.4. The van der Waals surface area contributed by atoms with Crippen molar-refractivity contribution in [2.45, 2.75) is 44.0 Å². The Morgan fingerprint density at radius 3 is 2.33 bits per heavy atom. The van der Waals surface area contributed by atoms with E-state index >= 15 is 0 Å². The molecule has 0 bridgehead atoms. The van der Waals surface area contributed by atoms with Gasteiger partial charge in [-0.15, -0.1) is 0 Å². The van der Waals surface area contributed by atoms with Gasteiger partial charge in [0.25, 0.3) is 15.0 Å². The summed E-state index contributed by atoms with van der Waals surface area (Å²) in [6.07, 6.45) is 1.32. The van der Waals surface area contributed by atoms with Gasteiger partial charge in [-0.3, -0.25) is 4.79 Å². The summed E-state index contributed by atoms with van der Waals surface area (Å²) < 4.78 is 36.7. The van der Waals surface area contributed by atoms with Gasteiger partial charge in [-0.1, -0.05) is 13.8 Å². The summed E-state index contributed by atoms with van der Waals surface area (Å²) in [4.78, 5) is 11.8. The number of hydrogen-bond acceptors (Lipinski definition) is 3. The predicted octanol–water partition coefficient (Wildman–Crippen LogP) is 3.82. The second-order valence-corrected chi connectivity index (χ2v) is 8.31. The van der Waals surface area contributed by atoms with Gasteiger partial charge in [-0.2, -0.15) is 0 Å². The van der Waals surface area contributed by atoms with Crippen LogP contribution < -0.4 is 5.32 Å². The second kappa shape index (κ2) is 6.62. The lowest BCUT2D eigenvalue weighted by molar-refractivity contribution is 0.0896. The molecule has 1 N–H and O–H groups in total. The molecule has 4 nitrogen and oxygen atoms in total. The number of carbonyl (C=O) groups is 1. The van der Waals surface area contributed by atoms with Gasteiger partial charge < -0.3 is 5.32 Å². The van der Waals surface area contributed by atoms with Crippen LogP contribution in [0.2, 0.25) is 0 Å². The van der Waals surface area contributed by atoms with Crippen LogP contribution in [0.15, 0.2) is 21.5 Å². The Balaban J connectivity index is 3.28. The lowest BCUT2D eigenvalue weighted by Gasteiger charge is -2.28. The van der Waals surface area contributed by atoms with Gasteiger partial charge in [-0.05, 0) is 47.8 Å². The smallest absolute Gasteiger partial charge is 0.262 e. The first kappa shape index (κ1) is 18.4. The van der Waals surface area contributed by atoms with Crippen LogP contribution in [0.5, 0.6) is 0 Å². The number of amides is 1. The minimum Gasteiger partial charge on any atom is -0.347 e. The number of rotatable bonds is 5. The molecular formula is C13H16BrClFNO3S. The van der Waals surface area contributed by atoms with Gasteiger partial charge in [0.1, 0.15) is 5.82 Å². The Hall–Kier alpha value is -0.660. The fourth-order valence-corrected chi connectivity index (χ4v) is 3.83. The van der Waals surface area contributed by atoms with Crippen LogP contribution >= 0.6 is 26.6 Å². The van der Waals surface area contributed by atoms with Gasteiger partial charge in [0.2, 0.25) is 0 Å². The summed E-state index contributed by atoms with van der Waals surface area (Å²) in [6.45, 7) is 5.63. The van der Waals surface area contributed by atoms with Crippen molar-refractivity contribution in [3.05, 3.63) is 28.0 Å². The van der Waals surface area contributed by atoms with Crippen molar-refractivity contribution in [3.63, 3.8) is 0 Å². The highest BCUT2D eigenvalue weighted by Crippen LogP contribution is 2.28. The molecule has 8 heteroatoms. The Morgan fingerprint density at radius 1 is 1.38 bits per heavy atom. The van der Waals surface area contributed by atoms with Crippen LogP contribution in [0.4, 0.5) is 4.39 Å². The average Bonchev–Trinajstić information content (AvgIpc) is 2.36. The molecule has 0 spiro atoms. The lowest BCUT2D eigenvalue weighted by Crippen LogP contribution is -2.45. The molecular weight excluding hydrogens is 385 g/mol. The standard InChI is InChI=1S/C13H16BrClFNO3S/c1-4-13(3,5-2)17-12(18)8-6-11(21(15,19)20)9(14)7-10(8)16/h6-7H,4-5H2,1-3H3,(H,17,18). The summed E-state index contributed by atoms with van der Waals surface area (Å²) >= 11 is 2.92. The molecule has 0 saturated carbocycles. The summed E-state index contributed by atoms with van der Waals surface area (Å²) in [6, 6.07) is 1.85. The van der Waals surface area contributed by atoms with Gasteiger partial charge in [-0.25, -0.2) is 12.8 Å². The molecule has 21 heavy (non-hydrogen) atoms. The van der Waals surface area contributed by atoms with Crippen molar-refractivity contribution in [1.82, 2.24) is 5.32 Å². The van der Waals surface area contributed by atoms with E-state index in [1.54, 1.807) is 0 Å². The molecule has 1 amide bonds. The fourth-order valence-electron chi connectivity index (χ4n) is 1.66. The quantitative estimate of drug-likeness (QED) is 0.764. The molecule has 0 heterocycles. The first-order chi connectivity index (χ1) is 9.54. The highest BCUT2D eigenvalue weighted by Gasteiger charge is 2.26. The predicted molar refractivity (Wildman–Crippen MR) is 83.6 cm³/mol. The molecule has 0 saturated heterocycles. The minimum atomic E-state index is -4.08. The van der Waals surface area contributed by atoms with Crippen LogP contribution in [0, 0.1) is 5.82 Å². The molecule has 0 fully saturated rings. The largest absolute Gasteiger partial charge is 0.347 e. The van der Waals surface area contributed by atoms with E-state index < -0.39 is 26.3 Å². The molecule has 0 radical (unpaired) electrons. The molecule has 0 aliphatic carbocycles. The van der Waals surface area contributed by atoms with Crippen LogP contribution in [-0.2, 0) is 9.05 Å². The first-order valence-electron chi connectivity index (χ1n) is 6.30. The van der Waals surface area contributed by atoms with E-state index in [0.29, 0.717) is 12.8 Å². The van der Waals surface area contributed by atoms with Crippen LogP contribution in [0.25, 0.3) is 0 Å². The van der Waals surface area contributed by atoms with Gasteiger partial charge in [0.05, 0.1) is 10.5 Å². The van der Waals surface area contributed by atoms with E-state index in [-0.39, 0.29) is 14.9 Å². The maximum Gasteiger partial charge on any atom is 0.262 e. The summed E-state index contributed by atoms with van der Waals surface area (Å²) in [7, 11) is 1.19. The van der Waals surface area contributed by atoms with Crippen molar-refractivity contribution in [2.75, 3.05) is 0 Å². The van der Waals surface area contributed by atoms with Crippen molar-refractivity contribution >= 4 is 41.6 Å². The number of benzene rings is 1. The van der Waals surface area contributed by atoms with Crippen molar-refractivity contribution in [1.29, 1.82) is 0 Å². The van der Waals surface area contributed by atoms with Crippen LogP contribution in [-0.4, -0.2) is 19.9 Å². The Labute approximate surface area is 136 Å². The number of halogens is 3. The normalized spacial score (nSPS) is 12.3. The van der Waals surface area contributed by atoms with E-state index in [2.05, 4.69) is 21.2 Å². The van der Waals surface area contributed by atoms with E-state index in [9.17, 15) is 17.6 Å². The highest BCUT2D eigenvalue weighted by molar-refractivity contribution is 9.10. The third kappa shape index (κ3) is 4.40. The zero-order valence-corrected chi connectivity index (χ0v) is 15.0. The highest BCUT2D eigenvalue weighted by atomic mass is 79.9. The van der Waals surface area contributed by atoms with Crippen molar-refractivity contribution in [2.24, 2.45) is 0 Å². The average molecular weight is 401 g/mol.